The molecule has 0 aromatic carbocycles. The highest BCUT2D eigenvalue weighted by Gasteiger charge is 2.15. The summed E-state index contributed by atoms with van der Waals surface area (Å²) in [5, 5.41) is 16.0. The van der Waals surface area contributed by atoms with Crippen LogP contribution in [0.2, 0.25) is 0 Å². The van der Waals surface area contributed by atoms with Crippen LogP contribution in [0.3, 0.4) is 0 Å². The average molecular weight is 472 g/mol. The second-order valence-corrected chi connectivity index (χ2v) is 7.99. The van der Waals surface area contributed by atoms with Crippen LogP contribution in [0.5, 0.6) is 17.5 Å². The standard InChI is InChI=1S/C27H29N5O3/c1-6-18(3)8-9-19(7-2)15-31-16-21(14-29-31)32-17-24-22(27(32)33)10-11-23(30-24)20-12-25(34-4)26(35-5)28-13-20/h7-14,16-17,33H,3,6,15H2,1-2,4-5H3. The van der Waals surface area contributed by atoms with Gasteiger partial charge in [-0.1, -0.05) is 37.3 Å². The van der Waals surface area contributed by atoms with Crippen LogP contribution < -0.4 is 9.47 Å². The van der Waals surface area contributed by atoms with E-state index in [1.807, 2.05) is 42.1 Å². The van der Waals surface area contributed by atoms with Crippen LogP contribution >= 0.6 is 0 Å². The Bertz CT molecular complexity index is 1430. The molecular formula is C27H29N5O3. The maximum absolute atomic E-state index is 10.9. The van der Waals surface area contributed by atoms with Gasteiger partial charge in [-0.15, -0.1) is 0 Å². The minimum atomic E-state index is 0.106. The van der Waals surface area contributed by atoms with Crippen molar-refractivity contribution in [1.82, 2.24) is 24.3 Å². The van der Waals surface area contributed by atoms with Gasteiger partial charge in [-0.05, 0) is 37.1 Å². The van der Waals surface area contributed by atoms with Crippen LogP contribution in [-0.2, 0) is 6.54 Å². The summed E-state index contributed by atoms with van der Waals surface area (Å²) in [5.41, 5.74) is 5.07. The molecule has 35 heavy (non-hydrogen) atoms. The molecule has 4 aromatic heterocycles. The molecule has 8 nitrogen and oxygen atoms in total. The molecule has 0 amide bonds. The molecule has 0 saturated heterocycles. The van der Waals surface area contributed by atoms with Crippen molar-refractivity contribution in [3.63, 3.8) is 0 Å². The average Bonchev–Trinajstić information content (AvgIpc) is 3.49. The molecule has 8 heteroatoms. The molecule has 0 fully saturated rings. The molecule has 0 unspecified atom stereocenters. The number of pyridine rings is 2. The minimum Gasteiger partial charge on any atom is -0.494 e. The van der Waals surface area contributed by atoms with Gasteiger partial charge < -0.3 is 14.6 Å². The quantitative estimate of drug-likeness (QED) is 0.326. The Morgan fingerprint density at radius 3 is 2.69 bits per heavy atom. The normalized spacial score (nSPS) is 11.9. The van der Waals surface area contributed by atoms with E-state index in [-0.39, 0.29) is 5.88 Å². The van der Waals surface area contributed by atoms with E-state index in [1.165, 1.54) is 0 Å². The smallest absolute Gasteiger partial charge is 0.256 e. The van der Waals surface area contributed by atoms with Gasteiger partial charge >= 0.3 is 0 Å². The van der Waals surface area contributed by atoms with Gasteiger partial charge in [0.25, 0.3) is 5.88 Å². The maximum Gasteiger partial charge on any atom is 0.256 e. The number of hydrogen-bond acceptors (Lipinski definition) is 6. The van der Waals surface area contributed by atoms with Crippen LogP contribution in [0.4, 0.5) is 0 Å². The van der Waals surface area contributed by atoms with Gasteiger partial charge in [-0.3, -0.25) is 9.25 Å². The Morgan fingerprint density at radius 2 is 1.97 bits per heavy atom. The van der Waals surface area contributed by atoms with E-state index in [9.17, 15) is 5.11 Å². The number of ether oxygens (including phenoxy) is 2. The highest BCUT2D eigenvalue weighted by Crippen LogP contribution is 2.33. The van der Waals surface area contributed by atoms with E-state index >= 15 is 0 Å². The summed E-state index contributed by atoms with van der Waals surface area (Å²) in [4.78, 5) is 9.02. The summed E-state index contributed by atoms with van der Waals surface area (Å²) in [7, 11) is 3.11. The monoisotopic (exact) mass is 471 g/mol. The fourth-order valence-electron chi connectivity index (χ4n) is 3.64. The Kier molecular flexibility index (Phi) is 7.01. The number of rotatable bonds is 9. The van der Waals surface area contributed by atoms with E-state index in [0.29, 0.717) is 34.8 Å². The molecule has 0 aliphatic rings. The molecule has 0 saturated carbocycles. The van der Waals surface area contributed by atoms with Crippen molar-refractivity contribution in [2.75, 3.05) is 14.2 Å². The topological polar surface area (TPSA) is 87.2 Å². The zero-order valence-corrected chi connectivity index (χ0v) is 20.4. The molecule has 4 rings (SSSR count). The number of fused-ring (bicyclic) bond motifs is 1. The van der Waals surface area contributed by atoms with Gasteiger partial charge in [0.2, 0.25) is 5.88 Å². The van der Waals surface area contributed by atoms with Crippen molar-refractivity contribution in [3.8, 4) is 34.5 Å². The van der Waals surface area contributed by atoms with Crippen LogP contribution in [0.15, 0.2) is 78.9 Å². The van der Waals surface area contributed by atoms with E-state index in [2.05, 4.69) is 35.7 Å². The van der Waals surface area contributed by atoms with Gasteiger partial charge in [0.05, 0.1) is 49.2 Å². The number of aromatic hydroxyl groups is 1. The largest absolute Gasteiger partial charge is 0.494 e. The lowest BCUT2D eigenvalue weighted by molar-refractivity contribution is 0.343. The van der Waals surface area contributed by atoms with Crippen LogP contribution in [0, 0.1) is 0 Å². The van der Waals surface area contributed by atoms with E-state index in [4.69, 9.17) is 14.5 Å². The highest BCUT2D eigenvalue weighted by atomic mass is 16.5. The third kappa shape index (κ3) is 4.96. The fraction of sp³-hybridized carbons (Fsp3) is 0.222. The van der Waals surface area contributed by atoms with Crippen LogP contribution in [0.1, 0.15) is 20.3 Å². The second kappa shape index (κ2) is 10.3. The molecule has 0 radical (unpaired) electrons. The van der Waals surface area contributed by atoms with Crippen molar-refractivity contribution < 1.29 is 14.6 Å². The van der Waals surface area contributed by atoms with Gasteiger partial charge in [-0.25, -0.2) is 9.97 Å². The summed E-state index contributed by atoms with van der Waals surface area (Å²) in [6.07, 6.45) is 14.1. The minimum absolute atomic E-state index is 0.106. The lowest BCUT2D eigenvalue weighted by Crippen LogP contribution is -2.00. The van der Waals surface area contributed by atoms with Crippen molar-refractivity contribution in [2.45, 2.75) is 26.8 Å². The van der Waals surface area contributed by atoms with Gasteiger partial charge in [0, 0.05) is 24.2 Å². The van der Waals surface area contributed by atoms with E-state index < -0.39 is 0 Å². The molecule has 1 N–H and O–H groups in total. The third-order valence-electron chi connectivity index (χ3n) is 5.77. The zero-order chi connectivity index (χ0) is 24.9. The summed E-state index contributed by atoms with van der Waals surface area (Å²) >= 11 is 0. The van der Waals surface area contributed by atoms with Gasteiger partial charge in [0.1, 0.15) is 0 Å². The Hall–Kier alpha value is -4.33. The predicted molar refractivity (Wildman–Crippen MR) is 137 cm³/mol. The molecule has 0 atom stereocenters. The maximum atomic E-state index is 10.9. The lowest BCUT2D eigenvalue weighted by Gasteiger charge is -2.08. The number of methoxy groups -OCH3 is 2. The number of hydrogen-bond donors (Lipinski definition) is 1. The number of nitrogens with zero attached hydrogens (tertiary/aromatic N) is 5. The molecular weight excluding hydrogens is 442 g/mol. The second-order valence-electron chi connectivity index (χ2n) is 7.99. The van der Waals surface area contributed by atoms with Crippen molar-refractivity contribution in [2.24, 2.45) is 0 Å². The third-order valence-corrected chi connectivity index (χ3v) is 5.77. The zero-order valence-electron chi connectivity index (χ0n) is 20.4. The summed E-state index contributed by atoms with van der Waals surface area (Å²) < 4.78 is 14.1. The first-order valence-corrected chi connectivity index (χ1v) is 11.3. The Morgan fingerprint density at radius 1 is 1.14 bits per heavy atom. The molecule has 0 bridgehead atoms. The first-order valence-electron chi connectivity index (χ1n) is 11.3. The highest BCUT2D eigenvalue weighted by molar-refractivity contribution is 5.87. The van der Waals surface area contributed by atoms with E-state index in [0.717, 1.165) is 28.8 Å². The molecule has 4 heterocycles. The summed E-state index contributed by atoms with van der Waals surface area (Å²) in [6, 6.07) is 5.51. The van der Waals surface area contributed by atoms with Gasteiger partial charge in [0.15, 0.2) is 5.75 Å². The fourth-order valence-corrected chi connectivity index (χ4v) is 3.64. The van der Waals surface area contributed by atoms with Crippen molar-refractivity contribution in [3.05, 3.63) is 78.9 Å². The van der Waals surface area contributed by atoms with Crippen LogP contribution in [0.25, 0.3) is 27.8 Å². The number of aromatic nitrogens is 5. The number of allylic oxidation sites excluding steroid dienone is 5. The molecule has 4 aromatic rings. The van der Waals surface area contributed by atoms with Gasteiger partial charge in [-0.2, -0.15) is 5.10 Å². The Balaban J connectivity index is 1.62. The lowest BCUT2D eigenvalue weighted by atomic mass is 10.1. The molecule has 0 spiro atoms. The van der Waals surface area contributed by atoms with Crippen LogP contribution in [-0.4, -0.2) is 43.6 Å². The molecule has 0 aliphatic carbocycles. The first kappa shape index (κ1) is 23.8. The van der Waals surface area contributed by atoms with Crippen molar-refractivity contribution in [1.29, 1.82) is 0 Å². The summed E-state index contributed by atoms with van der Waals surface area (Å²) in [6.45, 7) is 8.71. The molecule has 0 aliphatic heterocycles. The van der Waals surface area contributed by atoms with E-state index in [1.54, 1.807) is 37.4 Å². The van der Waals surface area contributed by atoms with Crippen molar-refractivity contribution >= 4 is 10.9 Å². The predicted octanol–water partition coefficient (Wildman–Crippen LogP) is 5.48. The molecule has 180 valence electrons. The summed E-state index contributed by atoms with van der Waals surface area (Å²) in [5.74, 6) is 1.04. The SMILES string of the molecule is C=C(C=CC(=CC)Cn1cc(-n2cc3nc(-c4cnc(OC)c(OC)c4)ccc3c2O)cn1)CC. The first-order chi connectivity index (χ1) is 17.0. The Labute approximate surface area is 204 Å².